The van der Waals surface area contributed by atoms with Crippen LogP contribution < -0.4 is 9.64 Å². The van der Waals surface area contributed by atoms with E-state index in [-0.39, 0.29) is 12.1 Å². The summed E-state index contributed by atoms with van der Waals surface area (Å²) >= 11 is 0. The number of pyridine rings is 1. The van der Waals surface area contributed by atoms with E-state index in [1.165, 1.54) is 24.3 Å². The van der Waals surface area contributed by atoms with Crippen molar-refractivity contribution in [3.8, 4) is 5.75 Å². The Balaban J connectivity index is 1.59. The molecule has 0 aliphatic rings. The molecule has 0 aliphatic carbocycles. The van der Waals surface area contributed by atoms with E-state index >= 15 is 0 Å². The van der Waals surface area contributed by atoms with E-state index in [9.17, 15) is 19.1 Å². The zero-order valence-corrected chi connectivity index (χ0v) is 17.6. The molecule has 0 saturated carbocycles. The third-order valence-corrected chi connectivity index (χ3v) is 4.75. The Bertz CT molecular complexity index is 1040. The highest BCUT2D eigenvalue weighted by Crippen LogP contribution is 2.17. The minimum Gasteiger partial charge on any atom is -0.492 e. The van der Waals surface area contributed by atoms with Gasteiger partial charge < -0.3 is 19.6 Å². The molecule has 3 aromatic rings. The summed E-state index contributed by atoms with van der Waals surface area (Å²) in [5, 5.41) is 9.18. The molecule has 3 rings (SSSR count). The monoisotopic (exact) mass is 437 g/mol. The van der Waals surface area contributed by atoms with Crippen molar-refractivity contribution in [2.45, 2.75) is 6.54 Å². The van der Waals surface area contributed by atoms with Crippen molar-refractivity contribution in [3.63, 3.8) is 0 Å². The molecule has 0 bridgehead atoms. The second kappa shape index (κ2) is 10.9. The number of carbonyl (C=O) groups is 2. The molecule has 0 unspecified atom stereocenters. The summed E-state index contributed by atoms with van der Waals surface area (Å²) < 4.78 is 19.8. The molecule has 0 atom stereocenters. The van der Waals surface area contributed by atoms with Crippen LogP contribution in [0.4, 0.5) is 10.2 Å². The average molecular weight is 437 g/mol. The molecule has 2 aromatic carbocycles. The second-order valence-electron chi connectivity index (χ2n) is 7.14. The Morgan fingerprint density at radius 2 is 1.75 bits per heavy atom. The summed E-state index contributed by atoms with van der Waals surface area (Å²) in [6.45, 7) is 0.582. The second-order valence-corrected chi connectivity index (χ2v) is 7.14. The molecule has 166 valence electrons. The number of nitrogens with zero attached hydrogens (tertiary/aromatic N) is 3. The Morgan fingerprint density at radius 3 is 2.41 bits per heavy atom. The highest BCUT2D eigenvalue weighted by molar-refractivity contribution is 5.96. The zero-order chi connectivity index (χ0) is 22.9. The number of carboxylic acids is 1. The minimum absolute atomic E-state index is 0.0299. The maximum absolute atomic E-state index is 14.0. The molecule has 8 heteroatoms. The van der Waals surface area contributed by atoms with Gasteiger partial charge in [0.2, 0.25) is 0 Å². The fourth-order valence-electron chi connectivity index (χ4n) is 3.07. The molecule has 32 heavy (non-hydrogen) atoms. The highest BCUT2D eigenvalue weighted by Gasteiger charge is 2.21. The van der Waals surface area contributed by atoms with Gasteiger partial charge in [0.25, 0.3) is 5.91 Å². The number of hydrogen-bond donors (Lipinski definition) is 1. The third-order valence-electron chi connectivity index (χ3n) is 4.75. The number of aromatic nitrogens is 1. The van der Waals surface area contributed by atoms with Crippen molar-refractivity contribution in [1.29, 1.82) is 0 Å². The topological polar surface area (TPSA) is 83.0 Å². The largest absolute Gasteiger partial charge is 0.492 e. The Labute approximate surface area is 185 Å². The van der Waals surface area contributed by atoms with E-state index in [4.69, 9.17) is 4.74 Å². The van der Waals surface area contributed by atoms with Gasteiger partial charge in [0, 0.05) is 19.8 Å². The summed E-state index contributed by atoms with van der Waals surface area (Å²) in [7, 11) is 1.93. The standard InChI is InChI=1S/C24H24FN3O4/c1-27(22-8-4-5-13-26-22)14-15-32-19-11-9-18(10-12-19)16-28(17-23(29)30)24(31)20-6-2-3-7-21(20)25/h2-13H,14-17H2,1H3,(H,29,30). The first-order valence-electron chi connectivity index (χ1n) is 10.0. The lowest BCUT2D eigenvalue weighted by atomic mass is 10.1. The fourth-order valence-corrected chi connectivity index (χ4v) is 3.07. The fraction of sp³-hybridized carbons (Fsp3) is 0.208. The smallest absolute Gasteiger partial charge is 0.323 e. The van der Waals surface area contributed by atoms with Crippen molar-refractivity contribution < 1.29 is 23.8 Å². The first-order valence-corrected chi connectivity index (χ1v) is 10.0. The number of likely N-dealkylation sites (N-methyl/N-ethyl adjacent to an activating group) is 1. The van der Waals surface area contributed by atoms with Crippen molar-refractivity contribution in [2.75, 3.05) is 31.6 Å². The number of carboxylic acid groups (broad SMARTS) is 1. The molecule has 1 N–H and O–H groups in total. The van der Waals surface area contributed by atoms with E-state index in [1.807, 2.05) is 30.1 Å². The molecule has 0 spiro atoms. The first-order chi connectivity index (χ1) is 15.4. The van der Waals surface area contributed by atoms with Gasteiger partial charge in [-0.1, -0.05) is 30.3 Å². The normalized spacial score (nSPS) is 10.4. The average Bonchev–Trinajstić information content (AvgIpc) is 2.80. The lowest BCUT2D eigenvalue weighted by Gasteiger charge is -2.21. The SMILES string of the molecule is CN(CCOc1ccc(CN(CC(=O)O)C(=O)c2ccccc2F)cc1)c1ccccn1. The van der Waals surface area contributed by atoms with Crippen LogP contribution >= 0.6 is 0 Å². The number of benzene rings is 2. The molecule has 1 heterocycles. The van der Waals surface area contributed by atoms with Crippen LogP contribution in [0.3, 0.4) is 0 Å². The van der Waals surface area contributed by atoms with E-state index in [0.717, 1.165) is 10.7 Å². The highest BCUT2D eigenvalue weighted by atomic mass is 19.1. The van der Waals surface area contributed by atoms with Gasteiger partial charge in [-0.3, -0.25) is 9.59 Å². The van der Waals surface area contributed by atoms with Gasteiger partial charge in [0.05, 0.1) is 12.1 Å². The lowest BCUT2D eigenvalue weighted by Crippen LogP contribution is -2.35. The summed E-state index contributed by atoms with van der Waals surface area (Å²) in [6, 6.07) is 18.2. The van der Waals surface area contributed by atoms with Crippen molar-refractivity contribution in [3.05, 3.63) is 89.9 Å². The predicted molar refractivity (Wildman–Crippen MR) is 118 cm³/mol. The minimum atomic E-state index is -1.17. The number of ether oxygens (including phenoxy) is 1. The Kier molecular flexibility index (Phi) is 7.75. The van der Waals surface area contributed by atoms with Gasteiger partial charge in [0.1, 0.15) is 30.5 Å². The molecule has 1 aromatic heterocycles. The first kappa shape index (κ1) is 22.7. The quantitative estimate of drug-likeness (QED) is 0.523. The van der Waals surface area contributed by atoms with E-state index in [0.29, 0.717) is 24.5 Å². The number of hydrogen-bond acceptors (Lipinski definition) is 5. The van der Waals surface area contributed by atoms with Crippen LogP contribution in [0.15, 0.2) is 72.9 Å². The van der Waals surface area contributed by atoms with E-state index < -0.39 is 24.2 Å². The van der Waals surface area contributed by atoms with Gasteiger partial charge in [0.15, 0.2) is 0 Å². The molecule has 0 aliphatic heterocycles. The van der Waals surface area contributed by atoms with Crippen LogP contribution in [0.2, 0.25) is 0 Å². The van der Waals surface area contributed by atoms with Gasteiger partial charge >= 0.3 is 5.97 Å². The van der Waals surface area contributed by atoms with Crippen molar-refractivity contribution in [2.24, 2.45) is 0 Å². The summed E-state index contributed by atoms with van der Waals surface area (Å²) in [4.78, 5) is 31.3. The zero-order valence-electron chi connectivity index (χ0n) is 17.6. The third kappa shape index (κ3) is 6.28. The number of amides is 1. The van der Waals surface area contributed by atoms with Crippen LogP contribution in [-0.2, 0) is 11.3 Å². The number of carbonyl (C=O) groups excluding carboxylic acids is 1. The van der Waals surface area contributed by atoms with Crippen LogP contribution in [0.25, 0.3) is 0 Å². The number of halogens is 1. The number of anilines is 1. The van der Waals surface area contributed by atoms with Gasteiger partial charge in [-0.2, -0.15) is 0 Å². The van der Waals surface area contributed by atoms with Crippen LogP contribution in [0.1, 0.15) is 15.9 Å². The number of rotatable bonds is 10. The van der Waals surface area contributed by atoms with Crippen molar-refractivity contribution in [1.82, 2.24) is 9.88 Å². The molecule has 0 fully saturated rings. The summed E-state index contributed by atoms with van der Waals surface area (Å²) in [5.74, 6) is -1.04. The maximum Gasteiger partial charge on any atom is 0.323 e. The number of aliphatic carboxylic acids is 1. The molecule has 0 radical (unpaired) electrons. The molecule has 7 nitrogen and oxygen atoms in total. The van der Waals surface area contributed by atoms with Gasteiger partial charge in [-0.25, -0.2) is 9.37 Å². The van der Waals surface area contributed by atoms with E-state index in [2.05, 4.69) is 4.98 Å². The van der Waals surface area contributed by atoms with Crippen LogP contribution in [0, 0.1) is 5.82 Å². The Morgan fingerprint density at radius 1 is 1.03 bits per heavy atom. The van der Waals surface area contributed by atoms with Crippen molar-refractivity contribution >= 4 is 17.7 Å². The Hall–Kier alpha value is -3.94. The van der Waals surface area contributed by atoms with Gasteiger partial charge in [-0.05, 0) is 42.0 Å². The van der Waals surface area contributed by atoms with Crippen LogP contribution in [-0.4, -0.2) is 53.6 Å². The summed E-state index contributed by atoms with van der Waals surface area (Å²) in [5.41, 5.74) is 0.541. The predicted octanol–water partition coefficient (Wildman–Crippen LogP) is 3.46. The molecule has 0 saturated heterocycles. The van der Waals surface area contributed by atoms with E-state index in [1.54, 1.807) is 30.5 Å². The lowest BCUT2D eigenvalue weighted by molar-refractivity contribution is -0.137. The molecular weight excluding hydrogens is 413 g/mol. The maximum atomic E-state index is 14.0. The summed E-state index contributed by atoms with van der Waals surface area (Å²) in [6.07, 6.45) is 1.73. The molecular formula is C24H24FN3O4. The van der Waals surface area contributed by atoms with Crippen LogP contribution in [0.5, 0.6) is 5.75 Å². The van der Waals surface area contributed by atoms with Gasteiger partial charge in [-0.15, -0.1) is 0 Å². The molecule has 1 amide bonds.